The van der Waals surface area contributed by atoms with Crippen LogP contribution in [0.4, 0.5) is 19.0 Å². The third kappa shape index (κ3) is 3.78. The summed E-state index contributed by atoms with van der Waals surface area (Å²) < 4.78 is 42.9. The molecule has 0 spiro atoms. The number of aromatic nitrogens is 5. The minimum atomic E-state index is -2.93. The second-order valence-corrected chi connectivity index (χ2v) is 9.80. The van der Waals surface area contributed by atoms with Crippen LogP contribution in [0, 0.1) is 12.7 Å². The van der Waals surface area contributed by atoms with E-state index in [1.807, 2.05) is 11.9 Å². The lowest BCUT2D eigenvalue weighted by Gasteiger charge is -2.55. The molecule has 2 fully saturated rings. The van der Waals surface area contributed by atoms with Gasteiger partial charge in [0.05, 0.1) is 22.6 Å². The number of piperazine rings is 1. The lowest BCUT2D eigenvalue weighted by Crippen LogP contribution is -2.69. The van der Waals surface area contributed by atoms with Crippen molar-refractivity contribution in [1.82, 2.24) is 34.4 Å². The van der Waals surface area contributed by atoms with Crippen LogP contribution < -0.4 is 5.32 Å². The number of benzene rings is 1. The first-order valence-corrected chi connectivity index (χ1v) is 12.1. The largest absolute Gasteiger partial charge is 0.363 e. The van der Waals surface area contributed by atoms with Gasteiger partial charge in [-0.1, -0.05) is 18.2 Å². The minimum Gasteiger partial charge on any atom is -0.363 e. The first kappa shape index (κ1) is 23.6. The first-order valence-electron chi connectivity index (χ1n) is 12.1. The fourth-order valence-corrected chi connectivity index (χ4v) is 5.56. The van der Waals surface area contributed by atoms with Crippen molar-refractivity contribution in [2.45, 2.75) is 44.8 Å². The molecule has 2 aliphatic rings. The molecule has 3 atom stereocenters. The van der Waals surface area contributed by atoms with Crippen molar-refractivity contribution in [3.05, 3.63) is 58.9 Å². The molecule has 4 aromatic rings. The van der Waals surface area contributed by atoms with Crippen LogP contribution in [0.1, 0.15) is 53.1 Å². The Kier molecular flexibility index (Phi) is 5.51. The Morgan fingerprint density at radius 3 is 2.59 bits per heavy atom. The number of rotatable bonds is 5. The molecule has 9 nitrogen and oxygen atoms in total. The maximum absolute atomic E-state index is 14.9. The number of likely N-dealkylation sites (N-methyl/N-ethyl adjacent to an activating group) is 1. The molecule has 6 rings (SSSR count). The van der Waals surface area contributed by atoms with E-state index in [-0.39, 0.29) is 23.6 Å². The molecule has 12 heteroatoms. The summed E-state index contributed by atoms with van der Waals surface area (Å²) in [4.78, 5) is 31.2. The number of carbonyl (C=O) groups excluding carboxylic acids is 1. The van der Waals surface area contributed by atoms with Crippen molar-refractivity contribution >= 4 is 28.4 Å². The zero-order chi connectivity index (χ0) is 26.0. The number of carbonyl (C=O) groups is 1. The number of fused-ring (bicyclic) bond motifs is 5. The third-order valence-corrected chi connectivity index (χ3v) is 7.27. The Morgan fingerprint density at radius 1 is 1.14 bits per heavy atom. The highest BCUT2D eigenvalue weighted by Crippen LogP contribution is 2.35. The van der Waals surface area contributed by atoms with Gasteiger partial charge in [-0.3, -0.25) is 4.79 Å². The summed E-state index contributed by atoms with van der Waals surface area (Å²) in [5.74, 6) is -0.340. The van der Waals surface area contributed by atoms with Crippen LogP contribution in [0.25, 0.3) is 16.7 Å². The van der Waals surface area contributed by atoms with Crippen molar-refractivity contribution in [1.29, 1.82) is 0 Å². The fourth-order valence-electron chi connectivity index (χ4n) is 5.56. The Morgan fingerprint density at radius 2 is 1.86 bits per heavy atom. The van der Waals surface area contributed by atoms with Crippen LogP contribution in [-0.2, 0) is 0 Å². The summed E-state index contributed by atoms with van der Waals surface area (Å²) in [7, 11) is 2.05. The lowest BCUT2D eigenvalue weighted by atomic mass is 9.87. The molecule has 1 N–H and O–H groups in total. The first-order chi connectivity index (χ1) is 17.7. The molecule has 0 saturated carbocycles. The monoisotopic (exact) mass is 510 g/mol. The van der Waals surface area contributed by atoms with Gasteiger partial charge in [0.1, 0.15) is 23.8 Å². The quantitative estimate of drug-likeness (QED) is 0.437. The van der Waals surface area contributed by atoms with E-state index in [0.717, 1.165) is 25.6 Å². The highest BCUT2D eigenvalue weighted by atomic mass is 19.3. The molecule has 1 aromatic carbocycles. The van der Waals surface area contributed by atoms with Gasteiger partial charge in [0.2, 0.25) is 0 Å². The standard InChI is InChI=1S/C25H25F3N8O/c1-12(16-5-4-6-17(20(16)26)21(27)28)31-22-18-8-19(25(37)35-14-7-15(35)10-34(3)9-14)23-29-11-30-36(23)24(18)33-13(2)32-22/h4-6,8,11-12,14-15,21H,7,9-10H2,1-3H3,(H,31,32,33)/t12-,14?,15?/m1/s1. The van der Waals surface area contributed by atoms with Gasteiger partial charge in [0, 0.05) is 30.7 Å². The van der Waals surface area contributed by atoms with Gasteiger partial charge in [-0.25, -0.2) is 28.1 Å². The molecule has 37 heavy (non-hydrogen) atoms. The maximum atomic E-state index is 14.9. The summed E-state index contributed by atoms with van der Waals surface area (Å²) >= 11 is 0. The number of hydrogen-bond donors (Lipinski definition) is 1. The van der Waals surface area contributed by atoms with Gasteiger partial charge in [-0.05, 0) is 33.4 Å². The van der Waals surface area contributed by atoms with E-state index in [2.05, 4.69) is 30.3 Å². The number of hydrogen-bond acceptors (Lipinski definition) is 7. The molecule has 2 aliphatic heterocycles. The smallest absolute Gasteiger partial charge is 0.266 e. The van der Waals surface area contributed by atoms with Crippen molar-refractivity contribution < 1.29 is 18.0 Å². The summed E-state index contributed by atoms with van der Waals surface area (Å²) in [6, 6.07) is 5.21. The molecule has 5 heterocycles. The van der Waals surface area contributed by atoms with E-state index >= 15 is 0 Å². The second-order valence-electron chi connectivity index (χ2n) is 9.80. The van der Waals surface area contributed by atoms with Crippen molar-refractivity contribution in [2.24, 2.45) is 0 Å². The number of piperidine rings is 1. The van der Waals surface area contributed by atoms with Crippen LogP contribution in [0.15, 0.2) is 30.6 Å². The van der Waals surface area contributed by atoms with E-state index in [9.17, 15) is 18.0 Å². The van der Waals surface area contributed by atoms with Gasteiger partial charge in [0.15, 0.2) is 11.3 Å². The fraction of sp³-hybridized carbons (Fsp3) is 0.400. The Hall–Kier alpha value is -3.80. The van der Waals surface area contributed by atoms with Gasteiger partial charge in [-0.2, -0.15) is 9.61 Å². The zero-order valence-corrected chi connectivity index (χ0v) is 20.5. The zero-order valence-electron chi connectivity index (χ0n) is 20.5. The Bertz CT molecular complexity index is 1530. The van der Waals surface area contributed by atoms with E-state index < -0.39 is 23.8 Å². The molecule has 0 aliphatic carbocycles. The number of halogens is 3. The summed E-state index contributed by atoms with van der Waals surface area (Å²) in [5.41, 5.74) is 0.620. The highest BCUT2D eigenvalue weighted by molar-refractivity contribution is 6.05. The number of anilines is 1. The molecule has 2 saturated heterocycles. The molecule has 2 unspecified atom stereocenters. The van der Waals surface area contributed by atoms with E-state index in [1.54, 1.807) is 19.9 Å². The Balaban J connectivity index is 1.44. The molecule has 1 amide bonds. The minimum absolute atomic E-state index is 0.0814. The van der Waals surface area contributed by atoms with E-state index in [1.165, 1.54) is 23.0 Å². The number of likely N-dealkylation sites (tertiary alicyclic amines) is 2. The molecule has 0 radical (unpaired) electrons. The average Bonchev–Trinajstić information content (AvgIpc) is 3.33. The van der Waals surface area contributed by atoms with Gasteiger partial charge in [0.25, 0.3) is 12.3 Å². The SMILES string of the molecule is Cc1nc(N[C@H](C)c2cccc(C(F)F)c2F)c2cc(C(=O)N3C4CC3CN(C)C4)c3ncnn3c2n1. The molecular weight excluding hydrogens is 485 g/mol. The number of aryl methyl sites for hydroxylation is 1. The predicted octanol–water partition coefficient (Wildman–Crippen LogP) is 3.76. The van der Waals surface area contributed by atoms with Crippen LogP contribution in [0.5, 0.6) is 0 Å². The maximum Gasteiger partial charge on any atom is 0.266 e. The normalized spacial score (nSPS) is 20.5. The number of pyridine rings is 1. The van der Waals surface area contributed by atoms with E-state index in [4.69, 9.17) is 0 Å². The summed E-state index contributed by atoms with van der Waals surface area (Å²) in [6.45, 7) is 4.99. The van der Waals surface area contributed by atoms with Gasteiger partial charge < -0.3 is 15.1 Å². The number of nitrogens with one attached hydrogen (secondary N) is 1. The van der Waals surface area contributed by atoms with Crippen LogP contribution >= 0.6 is 0 Å². The highest BCUT2D eigenvalue weighted by Gasteiger charge is 2.47. The predicted molar refractivity (Wildman–Crippen MR) is 130 cm³/mol. The van der Waals surface area contributed by atoms with Crippen molar-refractivity contribution in [3.63, 3.8) is 0 Å². The van der Waals surface area contributed by atoms with E-state index in [0.29, 0.717) is 33.9 Å². The summed E-state index contributed by atoms with van der Waals surface area (Å²) in [5, 5.41) is 7.95. The van der Waals surface area contributed by atoms with Crippen LogP contribution in [0.2, 0.25) is 0 Å². The topological polar surface area (TPSA) is 91.5 Å². The molecule has 3 aromatic heterocycles. The van der Waals surface area contributed by atoms with Crippen molar-refractivity contribution in [3.8, 4) is 0 Å². The van der Waals surface area contributed by atoms with Crippen LogP contribution in [-0.4, -0.2) is 72.5 Å². The lowest BCUT2D eigenvalue weighted by molar-refractivity contribution is -0.0396. The molecule has 2 bridgehead atoms. The Labute approximate surface area is 210 Å². The average molecular weight is 511 g/mol. The molecule has 192 valence electrons. The number of alkyl halides is 2. The molecular formula is C25H25F3N8O. The number of amides is 1. The second kappa shape index (κ2) is 8.65. The number of nitrogens with zero attached hydrogens (tertiary/aromatic N) is 7. The summed E-state index contributed by atoms with van der Waals surface area (Å²) in [6.07, 6.45) is -0.582. The van der Waals surface area contributed by atoms with Crippen molar-refractivity contribution in [2.75, 3.05) is 25.5 Å². The third-order valence-electron chi connectivity index (χ3n) is 7.27. The van der Waals surface area contributed by atoms with Gasteiger partial charge in [-0.15, -0.1) is 0 Å². The van der Waals surface area contributed by atoms with Gasteiger partial charge >= 0.3 is 0 Å². The van der Waals surface area contributed by atoms with Crippen LogP contribution in [0.3, 0.4) is 0 Å².